The Morgan fingerprint density at radius 1 is 1.40 bits per heavy atom. The fourth-order valence-electron chi connectivity index (χ4n) is 3.60. The zero-order valence-electron chi connectivity index (χ0n) is 18.0. The largest absolute Gasteiger partial charge is 0.490 e. The lowest BCUT2D eigenvalue weighted by atomic mass is 10.0. The summed E-state index contributed by atoms with van der Waals surface area (Å²) in [5.74, 6) is 0.479. The van der Waals surface area contributed by atoms with Crippen molar-refractivity contribution < 1.29 is 4.74 Å². The Balaban J connectivity index is 1.87. The summed E-state index contributed by atoms with van der Waals surface area (Å²) >= 11 is 1.59. The molecule has 1 aliphatic rings. The van der Waals surface area contributed by atoms with Crippen molar-refractivity contribution in [3.05, 3.63) is 64.4 Å². The molecule has 1 atom stereocenters. The first kappa shape index (κ1) is 21.9. The Morgan fingerprint density at radius 2 is 2.20 bits per heavy atom. The molecule has 0 aliphatic heterocycles. The number of hydrogen-bond acceptors (Lipinski definition) is 6. The molecule has 6 heteroatoms. The average molecular weight is 421 g/mol. The third-order valence-electron chi connectivity index (χ3n) is 4.99. The molecule has 0 amide bonds. The molecule has 1 aromatic carbocycles. The van der Waals surface area contributed by atoms with E-state index in [-0.39, 0.29) is 6.10 Å². The lowest BCUT2D eigenvalue weighted by Crippen LogP contribution is -2.18. The van der Waals surface area contributed by atoms with Gasteiger partial charge in [-0.05, 0) is 62.9 Å². The van der Waals surface area contributed by atoms with Crippen LogP contribution in [0.2, 0.25) is 0 Å². The Morgan fingerprint density at radius 3 is 2.90 bits per heavy atom. The van der Waals surface area contributed by atoms with Crippen molar-refractivity contribution in [2.75, 3.05) is 6.54 Å². The number of allylic oxidation sites excluding steroid dienone is 4. The van der Waals surface area contributed by atoms with Crippen molar-refractivity contribution in [2.45, 2.75) is 52.7 Å². The minimum Gasteiger partial charge on any atom is -0.490 e. The molecule has 0 saturated heterocycles. The summed E-state index contributed by atoms with van der Waals surface area (Å²) in [5, 5.41) is 23.4. The van der Waals surface area contributed by atoms with Crippen molar-refractivity contribution in [1.82, 2.24) is 15.5 Å². The standard InChI is InChI=1S/C24H28N4OS/c1-6-26-21-12-11-18-19(21)8-7-9-20(18)24-28-27-23(30-24)16(4)10-13-22(17(5)14-25)29-15(2)3/h7-10,13,15,21,26H,5-6,11-12H2,1-4H3/b16-10+,22-13+. The summed E-state index contributed by atoms with van der Waals surface area (Å²) in [6, 6.07) is 8.94. The van der Waals surface area contributed by atoms with Gasteiger partial charge in [-0.1, -0.05) is 49.1 Å². The molecule has 1 unspecified atom stereocenters. The molecule has 2 aromatic rings. The maximum absolute atomic E-state index is 9.14. The number of nitriles is 1. The molecule has 3 rings (SSSR count). The van der Waals surface area contributed by atoms with Crippen LogP contribution in [0.4, 0.5) is 0 Å². The van der Waals surface area contributed by atoms with Gasteiger partial charge < -0.3 is 10.1 Å². The molecule has 1 heterocycles. The minimum atomic E-state index is -0.0330. The number of nitrogens with zero attached hydrogens (tertiary/aromatic N) is 3. The van der Waals surface area contributed by atoms with Gasteiger partial charge in [0.1, 0.15) is 21.8 Å². The molecular formula is C24H28N4OS. The van der Waals surface area contributed by atoms with Crippen LogP contribution in [0.5, 0.6) is 0 Å². The highest BCUT2D eigenvalue weighted by Crippen LogP contribution is 2.39. The van der Waals surface area contributed by atoms with Crippen LogP contribution in [0.25, 0.3) is 16.1 Å². The van der Waals surface area contributed by atoms with Crippen molar-refractivity contribution in [1.29, 1.82) is 5.26 Å². The van der Waals surface area contributed by atoms with Crippen LogP contribution in [-0.4, -0.2) is 22.8 Å². The van der Waals surface area contributed by atoms with Gasteiger partial charge in [0.15, 0.2) is 0 Å². The number of aromatic nitrogens is 2. The van der Waals surface area contributed by atoms with Crippen LogP contribution < -0.4 is 5.32 Å². The number of benzene rings is 1. The lowest BCUT2D eigenvalue weighted by molar-refractivity contribution is 0.156. The van der Waals surface area contributed by atoms with Gasteiger partial charge in [0.25, 0.3) is 0 Å². The van der Waals surface area contributed by atoms with Gasteiger partial charge in [-0.25, -0.2) is 0 Å². The molecule has 0 saturated carbocycles. The Kier molecular flexibility index (Phi) is 7.20. The first-order valence-electron chi connectivity index (χ1n) is 10.3. The van der Waals surface area contributed by atoms with Crippen LogP contribution in [0.1, 0.15) is 56.3 Å². The van der Waals surface area contributed by atoms with Gasteiger partial charge in [0.2, 0.25) is 0 Å². The van der Waals surface area contributed by atoms with E-state index in [1.54, 1.807) is 17.4 Å². The van der Waals surface area contributed by atoms with Crippen molar-refractivity contribution in [3.63, 3.8) is 0 Å². The topological polar surface area (TPSA) is 70.8 Å². The molecule has 0 fully saturated rings. The molecular weight excluding hydrogens is 392 g/mol. The second-order valence-electron chi connectivity index (χ2n) is 7.57. The van der Waals surface area contributed by atoms with Gasteiger partial charge in [-0.3, -0.25) is 0 Å². The smallest absolute Gasteiger partial charge is 0.148 e. The van der Waals surface area contributed by atoms with Gasteiger partial charge in [0.05, 0.1) is 11.7 Å². The van der Waals surface area contributed by atoms with E-state index in [1.807, 2.05) is 32.9 Å². The van der Waals surface area contributed by atoms with Gasteiger partial charge >= 0.3 is 0 Å². The van der Waals surface area contributed by atoms with E-state index in [0.29, 0.717) is 17.4 Å². The van der Waals surface area contributed by atoms with Crippen molar-refractivity contribution in [3.8, 4) is 16.6 Å². The van der Waals surface area contributed by atoms with E-state index < -0.39 is 0 Å². The molecule has 1 aliphatic carbocycles. The Bertz CT molecular complexity index is 1030. The molecule has 5 nitrogen and oxygen atoms in total. The lowest BCUT2D eigenvalue weighted by Gasteiger charge is -2.12. The summed E-state index contributed by atoms with van der Waals surface area (Å²) < 4.78 is 5.70. The van der Waals surface area contributed by atoms with E-state index in [0.717, 1.165) is 35.0 Å². The van der Waals surface area contributed by atoms with Crippen LogP contribution >= 0.6 is 11.3 Å². The molecule has 1 aromatic heterocycles. The summed E-state index contributed by atoms with van der Waals surface area (Å²) in [7, 11) is 0. The van der Waals surface area contributed by atoms with Gasteiger partial charge in [-0.15, -0.1) is 10.2 Å². The van der Waals surface area contributed by atoms with E-state index in [2.05, 4.69) is 47.2 Å². The summed E-state index contributed by atoms with van der Waals surface area (Å²) in [5.41, 5.74) is 5.22. The van der Waals surface area contributed by atoms with Crippen molar-refractivity contribution >= 4 is 16.9 Å². The molecule has 0 bridgehead atoms. The average Bonchev–Trinajstić information content (AvgIpc) is 3.38. The van der Waals surface area contributed by atoms with E-state index in [9.17, 15) is 0 Å². The first-order valence-corrected chi connectivity index (χ1v) is 11.1. The number of hydrogen-bond donors (Lipinski definition) is 1. The monoisotopic (exact) mass is 420 g/mol. The fraction of sp³-hybridized carbons (Fsp3) is 0.375. The quantitative estimate of drug-likeness (QED) is 0.342. The maximum Gasteiger partial charge on any atom is 0.148 e. The molecule has 0 radical (unpaired) electrons. The highest BCUT2D eigenvalue weighted by atomic mass is 32.1. The molecule has 1 N–H and O–H groups in total. The SMILES string of the molecule is C=C(C#N)/C(=C\C=C(/C)c1nnc(-c2cccc3c2CCC3NCC)s1)OC(C)C. The zero-order valence-corrected chi connectivity index (χ0v) is 18.8. The highest BCUT2D eigenvalue weighted by molar-refractivity contribution is 7.15. The van der Waals surface area contributed by atoms with Crippen molar-refractivity contribution in [2.24, 2.45) is 0 Å². The fourth-order valence-corrected chi connectivity index (χ4v) is 4.47. The first-order chi connectivity index (χ1) is 14.4. The second-order valence-corrected chi connectivity index (χ2v) is 8.55. The zero-order chi connectivity index (χ0) is 21.7. The second kappa shape index (κ2) is 9.84. The molecule has 0 spiro atoms. The van der Waals surface area contributed by atoms with Crippen LogP contribution in [0.3, 0.4) is 0 Å². The summed E-state index contributed by atoms with van der Waals surface area (Å²) in [6.07, 6.45) is 5.83. The summed E-state index contributed by atoms with van der Waals surface area (Å²) in [4.78, 5) is 0. The van der Waals surface area contributed by atoms with Crippen LogP contribution in [-0.2, 0) is 11.2 Å². The summed E-state index contributed by atoms with van der Waals surface area (Å²) in [6.45, 7) is 12.7. The number of ether oxygens (including phenoxy) is 1. The minimum absolute atomic E-state index is 0.0330. The van der Waals surface area contributed by atoms with Gasteiger partial charge in [-0.2, -0.15) is 5.26 Å². The predicted molar refractivity (Wildman–Crippen MR) is 123 cm³/mol. The highest BCUT2D eigenvalue weighted by Gasteiger charge is 2.25. The Labute approximate surface area is 182 Å². The van der Waals surface area contributed by atoms with Gasteiger partial charge in [0, 0.05) is 11.6 Å². The Hall–Kier alpha value is -2.75. The third-order valence-corrected chi connectivity index (χ3v) is 6.09. The third kappa shape index (κ3) is 4.86. The van der Waals surface area contributed by atoms with Crippen LogP contribution in [0.15, 0.2) is 48.3 Å². The molecule has 156 valence electrons. The molecule has 30 heavy (non-hydrogen) atoms. The van der Waals surface area contributed by atoms with Crippen LogP contribution in [0, 0.1) is 11.3 Å². The van der Waals surface area contributed by atoms with E-state index in [4.69, 9.17) is 10.00 Å². The maximum atomic E-state index is 9.14. The van der Waals surface area contributed by atoms with E-state index >= 15 is 0 Å². The number of rotatable bonds is 8. The number of nitrogens with one attached hydrogen (secondary N) is 1. The van der Waals surface area contributed by atoms with E-state index in [1.165, 1.54) is 16.7 Å². The number of fused-ring (bicyclic) bond motifs is 1. The predicted octanol–water partition coefficient (Wildman–Crippen LogP) is 5.59. The normalized spacial score (nSPS) is 16.5.